The van der Waals surface area contributed by atoms with Gasteiger partial charge in [0, 0.05) is 5.56 Å². The molecule has 3 rings (SSSR count). The van der Waals surface area contributed by atoms with Crippen molar-refractivity contribution >= 4 is 10.8 Å². The van der Waals surface area contributed by atoms with Crippen LogP contribution in [0.1, 0.15) is 0 Å². The van der Waals surface area contributed by atoms with Crippen molar-refractivity contribution in [1.29, 1.82) is 0 Å². The molecule has 0 N–H and O–H groups in total. The second-order valence-corrected chi connectivity index (χ2v) is 3.47. The van der Waals surface area contributed by atoms with Crippen molar-refractivity contribution in [2.24, 2.45) is 0 Å². The predicted molar refractivity (Wildman–Crippen MR) is 60.5 cm³/mol. The van der Waals surface area contributed by atoms with E-state index >= 15 is 0 Å². The quantitative estimate of drug-likeness (QED) is 0.571. The van der Waals surface area contributed by atoms with Crippen molar-refractivity contribution in [3.05, 3.63) is 61.1 Å². The first-order chi connectivity index (χ1) is 7.43. The minimum absolute atomic E-state index is 1.07. The van der Waals surface area contributed by atoms with Crippen molar-refractivity contribution in [3.8, 4) is 11.1 Å². The van der Waals surface area contributed by atoms with E-state index in [2.05, 4.69) is 30.3 Å². The highest BCUT2D eigenvalue weighted by Gasteiger charge is 2.00. The highest BCUT2D eigenvalue weighted by molar-refractivity contribution is 5.86. The summed E-state index contributed by atoms with van der Waals surface area (Å²) >= 11 is 0. The average molecular weight is 193 g/mol. The third kappa shape index (κ3) is 1.42. The molecule has 0 fully saturated rings. The molecule has 0 unspecified atom stereocenters. The lowest BCUT2D eigenvalue weighted by molar-refractivity contribution is 0.568. The summed E-state index contributed by atoms with van der Waals surface area (Å²) in [6.45, 7) is 0. The van der Waals surface area contributed by atoms with Crippen molar-refractivity contribution in [3.63, 3.8) is 0 Å². The molecule has 0 aliphatic rings. The molecular formula is C14H9O. The van der Waals surface area contributed by atoms with Crippen LogP contribution < -0.4 is 0 Å². The maximum absolute atomic E-state index is 5.06. The Morgan fingerprint density at radius 1 is 0.933 bits per heavy atom. The Balaban J connectivity index is 2.22. The number of hydrogen-bond acceptors (Lipinski definition) is 1. The average Bonchev–Trinajstić information content (AvgIpc) is 2.82. The Morgan fingerprint density at radius 3 is 2.73 bits per heavy atom. The first-order valence-electron chi connectivity index (χ1n) is 4.87. The minimum atomic E-state index is 1.07. The molecule has 15 heavy (non-hydrogen) atoms. The fourth-order valence-corrected chi connectivity index (χ4v) is 1.70. The zero-order chi connectivity index (χ0) is 10.1. The van der Waals surface area contributed by atoms with E-state index in [9.17, 15) is 0 Å². The lowest BCUT2D eigenvalue weighted by atomic mass is 10.0. The highest BCUT2D eigenvalue weighted by atomic mass is 16.3. The molecule has 0 saturated heterocycles. The number of furan rings is 1. The second kappa shape index (κ2) is 3.28. The van der Waals surface area contributed by atoms with Gasteiger partial charge in [-0.1, -0.05) is 36.4 Å². The molecule has 0 aliphatic heterocycles. The number of rotatable bonds is 1. The zero-order valence-electron chi connectivity index (χ0n) is 8.10. The maximum atomic E-state index is 5.06. The third-order valence-electron chi connectivity index (χ3n) is 2.49. The van der Waals surface area contributed by atoms with Crippen molar-refractivity contribution in [2.45, 2.75) is 0 Å². The summed E-state index contributed by atoms with van der Waals surface area (Å²) in [7, 11) is 0. The van der Waals surface area contributed by atoms with Gasteiger partial charge in [-0.15, -0.1) is 0 Å². The molecule has 2 aromatic carbocycles. The summed E-state index contributed by atoms with van der Waals surface area (Å²) in [5.41, 5.74) is 2.14. The van der Waals surface area contributed by atoms with Crippen LogP contribution in [0.2, 0.25) is 0 Å². The van der Waals surface area contributed by atoms with E-state index in [4.69, 9.17) is 4.42 Å². The maximum Gasteiger partial charge on any atom is 0.0981 e. The van der Waals surface area contributed by atoms with Gasteiger partial charge in [-0.25, -0.2) is 0 Å². The van der Waals surface area contributed by atoms with E-state index in [1.807, 2.05) is 18.2 Å². The number of hydrogen-bond donors (Lipinski definition) is 0. The number of fused-ring (bicyclic) bond motifs is 1. The van der Waals surface area contributed by atoms with Gasteiger partial charge in [-0.2, -0.15) is 0 Å². The molecular weight excluding hydrogens is 184 g/mol. The molecule has 0 spiro atoms. The Labute approximate surface area is 88.0 Å². The molecule has 0 saturated carbocycles. The van der Waals surface area contributed by atoms with Gasteiger partial charge in [0.25, 0.3) is 0 Å². The lowest BCUT2D eigenvalue weighted by Crippen LogP contribution is -1.76. The van der Waals surface area contributed by atoms with Gasteiger partial charge in [0.1, 0.15) is 0 Å². The normalized spacial score (nSPS) is 10.7. The van der Waals surface area contributed by atoms with E-state index in [-0.39, 0.29) is 0 Å². The molecule has 1 heteroatoms. The Bertz CT molecular complexity index is 579. The van der Waals surface area contributed by atoms with Crippen LogP contribution >= 0.6 is 0 Å². The Kier molecular flexibility index (Phi) is 1.82. The highest BCUT2D eigenvalue weighted by Crippen LogP contribution is 2.23. The molecule has 1 nitrogen and oxygen atoms in total. The molecule has 3 aromatic rings. The van der Waals surface area contributed by atoms with Gasteiger partial charge in [0.15, 0.2) is 0 Å². The fraction of sp³-hybridized carbons (Fsp3) is 0. The summed E-state index contributed by atoms with van der Waals surface area (Å²) in [5.74, 6) is 0. The SMILES string of the molecule is [c]1c(-c2ccoc2)ccc2ccccc12. The van der Waals surface area contributed by atoms with Crippen LogP contribution in [0.5, 0.6) is 0 Å². The largest absolute Gasteiger partial charge is 0.472 e. The molecule has 0 amide bonds. The molecule has 0 atom stereocenters. The first kappa shape index (κ1) is 8.30. The summed E-state index contributed by atoms with van der Waals surface area (Å²) in [5, 5.41) is 2.35. The van der Waals surface area contributed by atoms with Crippen LogP contribution in [0.25, 0.3) is 21.9 Å². The van der Waals surface area contributed by atoms with Crippen molar-refractivity contribution in [2.75, 3.05) is 0 Å². The van der Waals surface area contributed by atoms with Crippen LogP contribution in [-0.2, 0) is 0 Å². The van der Waals surface area contributed by atoms with Gasteiger partial charge in [0.2, 0.25) is 0 Å². The predicted octanol–water partition coefficient (Wildman–Crippen LogP) is 3.90. The van der Waals surface area contributed by atoms with Gasteiger partial charge in [-0.3, -0.25) is 0 Å². The van der Waals surface area contributed by atoms with E-state index in [0.717, 1.165) is 16.5 Å². The van der Waals surface area contributed by atoms with E-state index in [1.165, 1.54) is 5.39 Å². The number of benzene rings is 2. The summed E-state index contributed by atoms with van der Waals surface area (Å²) in [6, 6.07) is 17.7. The smallest absolute Gasteiger partial charge is 0.0981 e. The summed E-state index contributed by atoms with van der Waals surface area (Å²) in [4.78, 5) is 0. The Morgan fingerprint density at radius 2 is 1.87 bits per heavy atom. The van der Waals surface area contributed by atoms with Crippen LogP contribution in [0.4, 0.5) is 0 Å². The molecule has 1 aromatic heterocycles. The summed E-state index contributed by atoms with van der Waals surface area (Å²) < 4.78 is 5.06. The molecule has 1 radical (unpaired) electrons. The van der Waals surface area contributed by atoms with Crippen LogP contribution in [0.15, 0.2) is 59.4 Å². The fourth-order valence-electron chi connectivity index (χ4n) is 1.70. The van der Waals surface area contributed by atoms with E-state index in [0.29, 0.717) is 0 Å². The van der Waals surface area contributed by atoms with E-state index < -0.39 is 0 Å². The molecule has 1 heterocycles. The minimum Gasteiger partial charge on any atom is -0.472 e. The topological polar surface area (TPSA) is 13.1 Å². The molecule has 71 valence electrons. The standard InChI is InChI=1S/C14H9O/c1-2-4-12-9-13(6-5-11(12)3-1)14-7-8-15-10-14/h1-8,10H. The van der Waals surface area contributed by atoms with Gasteiger partial charge < -0.3 is 4.42 Å². The van der Waals surface area contributed by atoms with Gasteiger partial charge in [0.05, 0.1) is 12.5 Å². The molecule has 0 aliphatic carbocycles. The van der Waals surface area contributed by atoms with E-state index in [1.54, 1.807) is 12.5 Å². The second-order valence-electron chi connectivity index (χ2n) is 3.47. The van der Waals surface area contributed by atoms with Crippen LogP contribution in [0, 0.1) is 6.07 Å². The molecule has 0 bridgehead atoms. The van der Waals surface area contributed by atoms with Crippen molar-refractivity contribution in [1.82, 2.24) is 0 Å². The monoisotopic (exact) mass is 193 g/mol. The van der Waals surface area contributed by atoms with Crippen LogP contribution in [-0.4, -0.2) is 0 Å². The van der Waals surface area contributed by atoms with Gasteiger partial charge in [-0.05, 0) is 28.5 Å². The van der Waals surface area contributed by atoms with Crippen LogP contribution in [0.3, 0.4) is 0 Å². The first-order valence-corrected chi connectivity index (χ1v) is 4.87. The zero-order valence-corrected chi connectivity index (χ0v) is 8.10. The Hall–Kier alpha value is -2.02. The third-order valence-corrected chi connectivity index (χ3v) is 2.49. The summed E-state index contributed by atoms with van der Waals surface area (Å²) in [6.07, 6.45) is 3.42. The van der Waals surface area contributed by atoms with Gasteiger partial charge >= 0.3 is 0 Å². The lowest BCUT2D eigenvalue weighted by Gasteiger charge is -1.99. The van der Waals surface area contributed by atoms with Crippen molar-refractivity contribution < 1.29 is 4.42 Å².